The zero-order valence-corrected chi connectivity index (χ0v) is 15.2. The molecule has 0 spiro atoms. The average molecular weight is 386 g/mol. The summed E-state index contributed by atoms with van der Waals surface area (Å²) < 4.78 is 23.3. The number of aryl methyl sites for hydroxylation is 1. The largest absolute Gasteiger partial charge is 0.444 e. The van der Waals surface area contributed by atoms with Crippen LogP contribution in [0.5, 0.6) is 0 Å². The number of carbonyl (C=O) groups is 3. The lowest BCUT2D eigenvalue weighted by molar-refractivity contribution is -0.140. The maximum absolute atomic E-state index is 13.2. The first-order valence-corrected chi connectivity index (χ1v) is 8.64. The summed E-state index contributed by atoms with van der Waals surface area (Å²) in [4.78, 5) is 37.6. The summed E-state index contributed by atoms with van der Waals surface area (Å²) in [6.45, 7) is 1.41. The maximum atomic E-state index is 13.2. The lowest BCUT2D eigenvalue weighted by atomic mass is 10.1. The molecule has 3 rings (SSSR count). The van der Waals surface area contributed by atoms with Gasteiger partial charge in [0.25, 0.3) is 0 Å². The second-order valence-corrected chi connectivity index (χ2v) is 6.33. The third-order valence-corrected chi connectivity index (χ3v) is 4.28. The van der Waals surface area contributed by atoms with E-state index in [0.717, 1.165) is 10.5 Å². The second kappa shape index (κ2) is 8.51. The van der Waals surface area contributed by atoms with Gasteiger partial charge >= 0.3 is 12.1 Å². The van der Waals surface area contributed by atoms with Gasteiger partial charge in [-0.05, 0) is 36.2 Å². The van der Waals surface area contributed by atoms with Crippen molar-refractivity contribution in [2.75, 3.05) is 12.0 Å². The molecule has 2 aromatic carbocycles. The molecule has 1 aliphatic heterocycles. The third-order valence-electron chi connectivity index (χ3n) is 4.28. The van der Waals surface area contributed by atoms with Crippen molar-refractivity contribution in [1.29, 1.82) is 0 Å². The Balaban J connectivity index is 1.60. The van der Waals surface area contributed by atoms with Gasteiger partial charge < -0.3 is 14.8 Å². The summed E-state index contributed by atoms with van der Waals surface area (Å²) in [5.41, 5.74) is 1.76. The first-order chi connectivity index (χ1) is 13.4. The van der Waals surface area contributed by atoms with Crippen molar-refractivity contribution in [1.82, 2.24) is 4.90 Å². The Morgan fingerprint density at radius 1 is 1.25 bits per heavy atom. The number of nitrogens with zero attached hydrogens (tertiary/aromatic N) is 1. The Morgan fingerprint density at radius 3 is 2.71 bits per heavy atom. The Morgan fingerprint density at radius 2 is 2.00 bits per heavy atom. The van der Waals surface area contributed by atoms with Crippen LogP contribution in [0.4, 0.5) is 14.9 Å². The number of hydrogen-bond acceptors (Lipinski definition) is 5. The molecule has 0 saturated carbocycles. The number of esters is 1. The molecule has 0 aromatic heterocycles. The number of benzene rings is 2. The van der Waals surface area contributed by atoms with Gasteiger partial charge in [-0.3, -0.25) is 9.69 Å². The summed E-state index contributed by atoms with van der Waals surface area (Å²) >= 11 is 0. The summed E-state index contributed by atoms with van der Waals surface area (Å²) in [6, 6.07) is 11.9. The van der Waals surface area contributed by atoms with Gasteiger partial charge in [-0.15, -0.1) is 0 Å². The second-order valence-electron chi connectivity index (χ2n) is 6.33. The van der Waals surface area contributed by atoms with Crippen LogP contribution in [-0.2, 0) is 25.7 Å². The Hall–Kier alpha value is -3.42. The lowest BCUT2D eigenvalue weighted by Gasteiger charge is -2.19. The molecule has 1 saturated heterocycles. The van der Waals surface area contributed by atoms with Crippen molar-refractivity contribution >= 4 is 23.7 Å². The molecule has 0 radical (unpaired) electrons. The van der Waals surface area contributed by atoms with Crippen molar-refractivity contribution in [3.05, 3.63) is 65.5 Å². The number of carbonyl (C=O) groups excluding carboxylic acids is 3. The molecule has 2 amide bonds. The molecule has 1 heterocycles. The van der Waals surface area contributed by atoms with Crippen LogP contribution in [0.3, 0.4) is 0 Å². The smallest absolute Gasteiger partial charge is 0.413 e. The zero-order valence-electron chi connectivity index (χ0n) is 15.2. The highest BCUT2D eigenvalue weighted by atomic mass is 19.1. The lowest BCUT2D eigenvalue weighted by Crippen LogP contribution is -2.40. The van der Waals surface area contributed by atoms with Crippen LogP contribution in [0.1, 0.15) is 17.5 Å². The van der Waals surface area contributed by atoms with E-state index in [4.69, 9.17) is 9.47 Å². The van der Waals surface area contributed by atoms with Gasteiger partial charge in [0, 0.05) is 5.69 Å². The van der Waals surface area contributed by atoms with Gasteiger partial charge in [0.2, 0.25) is 5.91 Å². The van der Waals surface area contributed by atoms with Gasteiger partial charge in [0.15, 0.2) is 6.73 Å². The fraction of sp³-hybridized carbons (Fsp3) is 0.250. The summed E-state index contributed by atoms with van der Waals surface area (Å²) in [6.07, 6.45) is -1.04. The van der Waals surface area contributed by atoms with Gasteiger partial charge in [-0.1, -0.05) is 30.3 Å². The molecule has 0 aliphatic carbocycles. The van der Waals surface area contributed by atoms with E-state index < -0.39 is 29.8 Å². The molecular weight excluding hydrogens is 367 g/mol. The predicted molar refractivity (Wildman–Crippen MR) is 97.6 cm³/mol. The molecule has 0 unspecified atom stereocenters. The predicted octanol–water partition coefficient (Wildman–Crippen LogP) is 2.98. The van der Waals surface area contributed by atoms with E-state index in [1.54, 1.807) is 19.1 Å². The first kappa shape index (κ1) is 19.3. The number of halogens is 1. The van der Waals surface area contributed by atoms with Crippen molar-refractivity contribution in [2.45, 2.75) is 26.0 Å². The third kappa shape index (κ3) is 4.64. The number of hydrogen-bond donors (Lipinski definition) is 1. The Kier molecular flexibility index (Phi) is 5.88. The number of nitrogens with one attached hydrogen (secondary N) is 1. The molecule has 1 aliphatic rings. The summed E-state index contributed by atoms with van der Waals surface area (Å²) in [5.74, 6) is -1.59. The highest BCUT2D eigenvalue weighted by Gasteiger charge is 2.40. The fourth-order valence-corrected chi connectivity index (χ4v) is 2.77. The molecular formula is C20H19FN2O5. The minimum Gasteiger partial charge on any atom is -0.444 e. The standard InChI is InChI=1S/C20H19FN2O5/c1-13-9-15(21)7-8-16(13)22-18(24)10-17-19(25)28-12-23(17)20(26)27-11-14-5-3-2-4-6-14/h2-9,17H,10-12H2,1H3,(H,22,24)/t17-/m0/s1. The van der Waals surface area contributed by atoms with Crippen molar-refractivity contribution in [2.24, 2.45) is 0 Å². The highest BCUT2D eigenvalue weighted by Crippen LogP contribution is 2.20. The van der Waals surface area contributed by atoms with Crippen molar-refractivity contribution in [3.63, 3.8) is 0 Å². The van der Waals surface area contributed by atoms with Crippen LogP contribution >= 0.6 is 0 Å². The molecule has 1 N–H and O–H groups in total. The molecule has 1 fully saturated rings. The Bertz CT molecular complexity index is 887. The molecule has 0 bridgehead atoms. The zero-order chi connectivity index (χ0) is 20.1. The van der Waals surface area contributed by atoms with Gasteiger partial charge in [0.05, 0.1) is 6.42 Å². The van der Waals surface area contributed by atoms with Gasteiger partial charge in [0.1, 0.15) is 18.5 Å². The molecule has 7 nitrogen and oxygen atoms in total. The van der Waals surface area contributed by atoms with Crippen LogP contribution in [-0.4, -0.2) is 35.6 Å². The number of cyclic esters (lactones) is 1. The van der Waals surface area contributed by atoms with Gasteiger partial charge in [-0.25, -0.2) is 14.0 Å². The van der Waals surface area contributed by atoms with Crippen LogP contribution in [0.15, 0.2) is 48.5 Å². The fourth-order valence-electron chi connectivity index (χ4n) is 2.77. The van der Waals surface area contributed by atoms with E-state index >= 15 is 0 Å². The quantitative estimate of drug-likeness (QED) is 0.799. The number of amides is 2. The molecule has 8 heteroatoms. The summed E-state index contributed by atoms with van der Waals surface area (Å²) in [5, 5.41) is 2.61. The van der Waals surface area contributed by atoms with Crippen molar-refractivity contribution < 1.29 is 28.2 Å². The molecule has 1 atom stereocenters. The van der Waals surface area contributed by atoms with E-state index in [0.29, 0.717) is 11.3 Å². The Labute approximate surface area is 161 Å². The van der Waals surface area contributed by atoms with Crippen LogP contribution in [0, 0.1) is 12.7 Å². The van der Waals surface area contributed by atoms with Crippen LogP contribution in [0.2, 0.25) is 0 Å². The monoisotopic (exact) mass is 386 g/mol. The first-order valence-electron chi connectivity index (χ1n) is 8.64. The van der Waals surface area contributed by atoms with Crippen molar-refractivity contribution in [3.8, 4) is 0 Å². The van der Waals surface area contributed by atoms with Gasteiger partial charge in [-0.2, -0.15) is 0 Å². The van der Waals surface area contributed by atoms with Crippen LogP contribution in [0.25, 0.3) is 0 Å². The number of ether oxygens (including phenoxy) is 2. The van der Waals surface area contributed by atoms with E-state index in [1.807, 2.05) is 18.2 Å². The number of rotatable bonds is 5. The summed E-state index contributed by atoms with van der Waals surface area (Å²) in [7, 11) is 0. The van der Waals surface area contributed by atoms with E-state index in [2.05, 4.69) is 5.32 Å². The average Bonchev–Trinajstić information content (AvgIpc) is 3.03. The molecule has 28 heavy (non-hydrogen) atoms. The van der Waals surface area contributed by atoms with E-state index in [1.165, 1.54) is 18.2 Å². The number of anilines is 1. The van der Waals surface area contributed by atoms with E-state index in [9.17, 15) is 18.8 Å². The maximum Gasteiger partial charge on any atom is 0.413 e. The molecule has 2 aromatic rings. The molecule has 146 valence electrons. The highest BCUT2D eigenvalue weighted by molar-refractivity contribution is 5.96. The minimum atomic E-state index is -1.08. The SMILES string of the molecule is Cc1cc(F)ccc1NC(=O)C[C@H]1C(=O)OCN1C(=O)OCc1ccccc1. The topological polar surface area (TPSA) is 84.9 Å². The minimum absolute atomic E-state index is 0.0397. The van der Waals surface area contributed by atoms with Crippen LogP contribution < -0.4 is 5.32 Å². The normalized spacial score (nSPS) is 15.9. The van der Waals surface area contributed by atoms with E-state index in [-0.39, 0.29) is 19.8 Å².